The molecular formula is C19H23N5O2. The van der Waals surface area contributed by atoms with Crippen LogP contribution >= 0.6 is 0 Å². The maximum Gasteiger partial charge on any atom is 0.313 e. The molecule has 4 rings (SSSR count). The standard InChI is InChI=1S/C19H23N5O2/c1-12-11-15(12)21-19(26)18(25)20-14-8-6-13(7-9-14)17-23-22-16-5-3-2-4-10-24(16)17/h6-9,12,15H,2-5,10-11H2,1H3,(H,20,25)(H,21,26)/t12-,15-/m1/s1. The molecule has 7 heteroatoms. The molecule has 136 valence electrons. The lowest BCUT2D eigenvalue weighted by atomic mass is 10.2. The van der Waals surface area contributed by atoms with Crippen molar-refractivity contribution in [3.05, 3.63) is 30.1 Å². The van der Waals surface area contributed by atoms with E-state index in [1.165, 1.54) is 6.42 Å². The average molecular weight is 353 g/mol. The van der Waals surface area contributed by atoms with Crippen LogP contribution in [0.4, 0.5) is 5.69 Å². The fraction of sp³-hybridized carbons (Fsp3) is 0.474. The number of carbonyl (C=O) groups excluding carboxylic acids is 2. The highest BCUT2D eigenvalue weighted by Gasteiger charge is 2.35. The molecule has 2 aliphatic rings. The first-order chi connectivity index (χ1) is 12.6. The first kappa shape index (κ1) is 16.8. The quantitative estimate of drug-likeness (QED) is 0.828. The molecule has 0 unspecified atom stereocenters. The van der Waals surface area contributed by atoms with E-state index in [2.05, 4.69) is 25.4 Å². The summed E-state index contributed by atoms with van der Waals surface area (Å²) in [5, 5.41) is 14.0. The largest absolute Gasteiger partial charge is 0.345 e. The minimum absolute atomic E-state index is 0.138. The van der Waals surface area contributed by atoms with E-state index < -0.39 is 11.8 Å². The lowest BCUT2D eigenvalue weighted by Gasteiger charge is -2.09. The van der Waals surface area contributed by atoms with Crippen molar-refractivity contribution in [3.63, 3.8) is 0 Å². The Balaban J connectivity index is 1.43. The second-order valence-corrected chi connectivity index (χ2v) is 7.23. The molecule has 0 bridgehead atoms. The van der Waals surface area contributed by atoms with Gasteiger partial charge >= 0.3 is 11.8 Å². The maximum absolute atomic E-state index is 12.0. The summed E-state index contributed by atoms with van der Waals surface area (Å²) in [6.07, 6.45) is 5.42. The number of aryl methyl sites for hydroxylation is 1. The Hall–Kier alpha value is -2.70. The van der Waals surface area contributed by atoms with Gasteiger partial charge in [-0.2, -0.15) is 0 Å². The van der Waals surface area contributed by atoms with Crippen LogP contribution in [0.5, 0.6) is 0 Å². The Morgan fingerprint density at radius 3 is 2.58 bits per heavy atom. The maximum atomic E-state index is 12.0. The van der Waals surface area contributed by atoms with E-state index in [0.717, 1.165) is 49.4 Å². The summed E-state index contributed by atoms with van der Waals surface area (Å²) in [7, 11) is 0. The summed E-state index contributed by atoms with van der Waals surface area (Å²) in [4.78, 5) is 23.8. The summed E-state index contributed by atoms with van der Waals surface area (Å²) in [5.74, 6) is 1.16. The van der Waals surface area contributed by atoms with Gasteiger partial charge in [-0.3, -0.25) is 9.59 Å². The lowest BCUT2D eigenvalue weighted by molar-refractivity contribution is -0.136. The van der Waals surface area contributed by atoms with Crippen molar-refractivity contribution < 1.29 is 9.59 Å². The second-order valence-electron chi connectivity index (χ2n) is 7.23. The number of nitrogens with one attached hydrogen (secondary N) is 2. The van der Waals surface area contributed by atoms with E-state index in [9.17, 15) is 9.59 Å². The van der Waals surface area contributed by atoms with Gasteiger partial charge in [-0.1, -0.05) is 13.3 Å². The predicted molar refractivity (Wildman–Crippen MR) is 97.4 cm³/mol. The summed E-state index contributed by atoms with van der Waals surface area (Å²) < 4.78 is 2.19. The lowest BCUT2D eigenvalue weighted by Crippen LogP contribution is -2.37. The van der Waals surface area contributed by atoms with Gasteiger partial charge in [0.25, 0.3) is 0 Å². The van der Waals surface area contributed by atoms with Crippen molar-refractivity contribution in [1.82, 2.24) is 20.1 Å². The van der Waals surface area contributed by atoms with Gasteiger partial charge < -0.3 is 15.2 Å². The van der Waals surface area contributed by atoms with Crippen LogP contribution in [0.25, 0.3) is 11.4 Å². The number of hydrogen-bond acceptors (Lipinski definition) is 4. The molecule has 1 saturated carbocycles. The third kappa shape index (κ3) is 3.47. The van der Waals surface area contributed by atoms with Gasteiger partial charge in [0.1, 0.15) is 5.82 Å². The van der Waals surface area contributed by atoms with Crippen molar-refractivity contribution in [2.75, 3.05) is 5.32 Å². The zero-order valence-corrected chi connectivity index (χ0v) is 14.9. The molecule has 2 aromatic rings. The van der Waals surface area contributed by atoms with Gasteiger partial charge in [0.2, 0.25) is 0 Å². The fourth-order valence-electron chi connectivity index (χ4n) is 3.35. The third-order valence-electron chi connectivity index (χ3n) is 5.14. The number of nitrogens with zero attached hydrogens (tertiary/aromatic N) is 3. The van der Waals surface area contributed by atoms with Gasteiger partial charge in [0, 0.05) is 30.3 Å². The molecular weight excluding hydrogens is 330 g/mol. The van der Waals surface area contributed by atoms with Gasteiger partial charge in [-0.25, -0.2) is 0 Å². The number of anilines is 1. The third-order valence-corrected chi connectivity index (χ3v) is 5.14. The highest BCUT2D eigenvalue weighted by Crippen LogP contribution is 2.29. The minimum atomic E-state index is -0.631. The van der Waals surface area contributed by atoms with Gasteiger partial charge in [0.15, 0.2) is 5.82 Å². The van der Waals surface area contributed by atoms with Gasteiger partial charge in [0.05, 0.1) is 0 Å². The molecule has 2 N–H and O–H groups in total. The number of benzene rings is 1. The van der Waals surface area contributed by atoms with Crippen LogP contribution in [0.1, 0.15) is 38.4 Å². The van der Waals surface area contributed by atoms with E-state index in [0.29, 0.717) is 11.6 Å². The molecule has 1 aliphatic heterocycles. The summed E-state index contributed by atoms with van der Waals surface area (Å²) in [6.45, 7) is 2.99. The Morgan fingerprint density at radius 1 is 1.08 bits per heavy atom. The van der Waals surface area contributed by atoms with E-state index in [-0.39, 0.29) is 6.04 Å². The molecule has 1 aromatic heterocycles. The number of fused-ring (bicyclic) bond motifs is 1. The van der Waals surface area contributed by atoms with Crippen molar-refractivity contribution in [3.8, 4) is 11.4 Å². The minimum Gasteiger partial charge on any atom is -0.345 e. The van der Waals surface area contributed by atoms with Crippen LogP contribution in [0.3, 0.4) is 0 Å². The first-order valence-electron chi connectivity index (χ1n) is 9.26. The molecule has 2 amide bonds. The predicted octanol–water partition coefficient (Wildman–Crippen LogP) is 2.13. The normalized spacial score (nSPS) is 21.4. The molecule has 0 spiro atoms. The Kier molecular flexibility index (Phi) is 4.44. The van der Waals surface area contributed by atoms with Crippen molar-refractivity contribution in [2.24, 2.45) is 5.92 Å². The van der Waals surface area contributed by atoms with Crippen LogP contribution in [0, 0.1) is 5.92 Å². The molecule has 1 aromatic carbocycles. The first-order valence-corrected chi connectivity index (χ1v) is 9.26. The number of carbonyl (C=O) groups is 2. The monoisotopic (exact) mass is 353 g/mol. The second kappa shape index (κ2) is 6.90. The van der Waals surface area contributed by atoms with Crippen LogP contribution in [0.15, 0.2) is 24.3 Å². The molecule has 2 atom stereocenters. The summed E-state index contributed by atoms with van der Waals surface area (Å²) in [6, 6.07) is 7.52. The SMILES string of the molecule is C[C@@H]1C[C@H]1NC(=O)C(=O)Nc1ccc(-c2nnc3n2CCCCC3)cc1. The number of hydrogen-bond donors (Lipinski definition) is 2. The number of amides is 2. The summed E-state index contributed by atoms with van der Waals surface area (Å²) in [5.41, 5.74) is 1.55. The van der Waals surface area contributed by atoms with Crippen LogP contribution in [-0.2, 0) is 22.6 Å². The van der Waals surface area contributed by atoms with Crippen LogP contribution < -0.4 is 10.6 Å². The van der Waals surface area contributed by atoms with E-state index in [4.69, 9.17) is 0 Å². The fourth-order valence-corrected chi connectivity index (χ4v) is 3.35. The van der Waals surface area contributed by atoms with Crippen molar-refractivity contribution in [1.29, 1.82) is 0 Å². The zero-order chi connectivity index (χ0) is 18.1. The molecule has 0 saturated heterocycles. The zero-order valence-electron chi connectivity index (χ0n) is 14.9. The van der Waals surface area contributed by atoms with E-state index in [1.54, 1.807) is 12.1 Å². The highest BCUT2D eigenvalue weighted by molar-refractivity contribution is 6.39. The van der Waals surface area contributed by atoms with Crippen LogP contribution in [0.2, 0.25) is 0 Å². The smallest absolute Gasteiger partial charge is 0.313 e. The number of aromatic nitrogens is 3. The Morgan fingerprint density at radius 2 is 1.85 bits per heavy atom. The Bertz CT molecular complexity index is 827. The Labute approximate surface area is 152 Å². The van der Waals surface area contributed by atoms with E-state index >= 15 is 0 Å². The van der Waals surface area contributed by atoms with Gasteiger partial charge in [-0.15, -0.1) is 10.2 Å². The van der Waals surface area contributed by atoms with Gasteiger partial charge in [-0.05, 0) is 49.4 Å². The average Bonchev–Trinajstić information content (AvgIpc) is 3.27. The molecule has 2 heterocycles. The topological polar surface area (TPSA) is 88.9 Å². The molecule has 26 heavy (non-hydrogen) atoms. The number of rotatable bonds is 3. The summed E-state index contributed by atoms with van der Waals surface area (Å²) >= 11 is 0. The van der Waals surface area contributed by atoms with Crippen molar-refractivity contribution >= 4 is 17.5 Å². The highest BCUT2D eigenvalue weighted by atomic mass is 16.2. The molecule has 0 radical (unpaired) electrons. The van der Waals surface area contributed by atoms with E-state index in [1.807, 2.05) is 19.1 Å². The molecule has 1 aliphatic carbocycles. The molecule has 1 fully saturated rings. The molecule has 7 nitrogen and oxygen atoms in total. The van der Waals surface area contributed by atoms with Crippen LogP contribution in [-0.4, -0.2) is 32.6 Å². The van der Waals surface area contributed by atoms with Crippen molar-refractivity contribution in [2.45, 2.75) is 51.6 Å².